The lowest BCUT2D eigenvalue weighted by atomic mass is 9.86. The Bertz CT molecular complexity index is 568. The van der Waals surface area contributed by atoms with Crippen molar-refractivity contribution in [3.63, 3.8) is 0 Å². The van der Waals surface area contributed by atoms with E-state index in [1.165, 1.54) is 6.92 Å². The summed E-state index contributed by atoms with van der Waals surface area (Å²) >= 11 is 0. The van der Waals surface area contributed by atoms with Gasteiger partial charge >= 0.3 is 11.9 Å². The molecule has 1 amide bonds. The molecule has 1 saturated heterocycles. The minimum absolute atomic E-state index is 0.143. The maximum absolute atomic E-state index is 12.1. The van der Waals surface area contributed by atoms with Gasteiger partial charge in [0.2, 0.25) is 5.91 Å². The van der Waals surface area contributed by atoms with Crippen molar-refractivity contribution in [1.82, 2.24) is 10.9 Å². The van der Waals surface area contributed by atoms with Crippen LogP contribution in [0.4, 0.5) is 0 Å². The lowest BCUT2D eigenvalue weighted by molar-refractivity contribution is -0.146. The van der Waals surface area contributed by atoms with Crippen LogP contribution in [0.15, 0.2) is 10.2 Å². The molecule has 0 bridgehead atoms. The minimum Gasteiger partial charge on any atom is -0.465 e. The van der Waals surface area contributed by atoms with Gasteiger partial charge in [0.25, 0.3) is 0 Å². The monoisotopic (exact) mass is 340 g/mol. The third-order valence-corrected chi connectivity index (χ3v) is 3.36. The SMILES string of the molecule is CCOC(=O)/C(=N/N=C1\NNC(=O)CC1(C)C)C(C)C(=O)OCC. The topological polar surface area (TPSA) is 118 Å². The van der Waals surface area contributed by atoms with Crippen LogP contribution in [0.3, 0.4) is 0 Å². The Balaban J connectivity index is 3.11. The Morgan fingerprint density at radius 1 is 1.21 bits per heavy atom. The highest BCUT2D eigenvalue weighted by Gasteiger charge is 2.34. The van der Waals surface area contributed by atoms with Crippen LogP contribution in [-0.4, -0.2) is 42.6 Å². The third kappa shape index (κ3) is 5.04. The van der Waals surface area contributed by atoms with E-state index >= 15 is 0 Å². The number of esters is 2. The summed E-state index contributed by atoms with van der Waals surface area (Å²) in [4.78, 5) is 35.4. The van der Waals surface area contributed by atoms with E-state index in [9.17, 15) is 14.4 Å². The van der Waals surface area contributed by atoms with Gasteiger partial charge in [0.05, 0.1) is 13.2 Å². The standard InChI is InChI=1S/C15H24N4O5/c1-6-23-12(21)9(3)11(13(22)24-7-2)17-19-14-15(4,5)8-10(20)16-18-14/h9H,6-8H2,1-5H3,(H,16,20)(H,18,19)/b17-11+. The highest BCUT2D eigenvalue weighted by molar-refractivity contribution is 6.40. The highest BCUT2D eigenvalue weighted by atomic mass is 16.5. The van der Waals surface area contributed by atoms with Crippen LogP contribution in [0.1, 0.15) is 41.0 Å². The average molecular weight is 340 g/mol. The smallest absolute Gasteiger partial charge is 0.355 e. The second-order valence-electron chi connectivity index (χ2n) is 5.86. The number of amidine groups is 1. The van der Waals surface area contributed by atoms with Gasteiger partial charge in [-0.1, -0.05) is 13.8 Å². The summed E-state index contributed by atoms with van der Waals surface area (Å²) in [6.07, 6.45) is 0.219. The molecule has 9 nitrogen and oxygen atoms in total. The summed E-state index contributed by atoms with van der Waals surface area (Å²) in [5.41, 5.74) is 4.36. The first-order valence-corrected chi connectivity index (χ1v) is 7.77. The maximum atomic E-state index is 12.1. The fraction of sp³-hybridized carbons (Fsp3) is 0.667. The van der Waals surface area contributed by atoms with Crippen LogP contribution < -0.4 is 10.9 Å². The van der Waals surface area contributed by atoms with Crippen molar-refractivity contribution in [3.8, 4) is 0 Å². The average Bonchev–Trinajstić information content (AvgIpc) is 2.48. The summed E-state index contributed by atoms with van der Waals surface area (Å²) in [5.74, 6) is -2.04. The summed E-state index contributed by atoms with van der Waals surface area (Å²) in [7, 11) is 0. The maximum Gasteiger partial charge on any atom is 0.355 e. The van der Waals surface area contributed by atoms with Gasteiger partial charge in [0, 0.05) is 11.8 Å². The first-order valence-electron chi connectivity index (χ1n) is 7.77. The molecule has 0 aromatic rings. The van der Waals surface area contributed by atoms with Crippen molar-refractivity contribution >= 4 is 29.4 Å². The molecule has 1 aliphatic heterocycles. The first kappa shape index (κ1) is 19.6. The molecule has 0 radical (unpaired) electrons. The molecule has 1 aliphatic rings. The van der Waals surface area contributed by atoms with E-state index in [-0.39, 0.29) is 31.3 Å². The van der Waals surface area contributed by atoms with Gasteiger partial charge in [-0.05, 0) is 20.8 Å². The molecule has 24 heavy (non-hydrogen) atoms. The van der Waals surface area contributed by atoms with E-state index in [0.29, 0.717) is 5.84 Å². The van der Waals surface area contributed by atoms with Gasteiger partial charge in [-0.2, -0.15) is 0 Å². The minimum atomic E-state index is -0.922. The predicted molar refractivity (Wildman–Crippen MR) is 87.0 cm³/mol. The lowest BCUT2D eigenvalue weighted by Gasteiger charge is -2.30. The molecule has 134 valence electrons. The number of carbonyl (C=O) groups is 3. The molecular weight excluding hydrogens is 316 g/mol. The van der Waals surface area contributed by atoms with Gasteiger partial charge in [0.1, 0.15) is 11.8 Å². The quantitative estimate of drug-likeness (QED) is 0.414. The van der Waals surface area contributed by atoms with Crippen molar-refractivity contribution in [3.05, 3.63) is 0 Å². The number of rotatable bonds is 6. The molecule has 0 spiro atoms. The first-order chi connectivity index (χ1) is 11.2. The van der Waals surface area contributed by atoms with E-state index in [2.05, 4.69) is 21.1 Å². The Morgan fingerprint density at radius 3 is 2.38 bits per heavy atom. The molecule has 2 N–H and O–H groups in total. The summed E-state index contributed by atoms with van der Waals surface area (Å²) < 4.78 is 9.84. The lowest BCUT2D eigenvalue weighted by Crippen LogP contribution is -2.54. The Morgan fingerprint density at radius 2 is 1.83 bits per heavy atom. The molecule has 1 atom stereocenters. The van der Waals surface area contributed by atoms with Crippen LogP contribution in [0, 0.1) is 11.3 Å². The summed E-state index contributed by atoms with van der Waals surface area (Å²) in [6.45, 7) is 8.77. The fourth-order valence-electron chi connectivity index (χ4n) is 1.98. The number of hydrogen-bond acceptors (Lipinski definition) is 7. The summed E-state index contributed by atoms with van der Waals surface area (Å²) in [5, 5.41) is 7.91. The van der Waals surface area contributed by atoms with Crippen molar-refractivity contribution in [2.45, 2.75) is 41.0 Å². The van der Waals surface area contributed by atoms with Crippen LogP contribution in [0.5, 0.6) is 0 Å². The zero-order valence-electron chi connectivity index (χ0n) is 14.6. The largest absolute Gasteiger partial charge is 0.465 e. The molecule has 0 aromatic carbocycles. The molecular formula is C15H24N4O5. The number of amides is 1. The molecule has 1 unspecified atom stereocenters. The van der Waals surface area contributed by atoms with Gasteiger partial charge in [-0.25, -0.2) is 4.79 Å². The number of carbonyl (C=O) groups excluding carboxylic acids is 3. The van der Waals surface area contributed by atoms with Gasteiger partial charge < -0.3 is 9.47 Å². The Kier molecular flexibility index (Phi) is 6.87. The van der Waals surface area contributed by atoms with Gasteiger partial charge in [-0.3, -0.25) is 20.4 Å². The number of nitrogens with one attached hydrogen (secondary N) is 2. The molecule has 0 saturated carbocycles. The number of nitrogens with zero attached hydrogens (tertiary/aromatic N) is 2. The number of hydrazine groups is 1. The number of hydrogen-bond donors (Lipinski definition) is 2. The summed E-state index contributed by atoms with van der Waals surface area (Å²) in [6, 6.07) is 0. The van der Waals surface area contributed by atoms with E-state index in [1.807, 2.05) is 13.8 Å². The Hall–Kier alpha value is -2.45. The zero-order valence-corrected chi connectivity index (χ0v) is 14.6. The van der Waals surface area contributed by atoms with E-state index < -0.39 is 23.3 Å². The second kappa shape index (κ2) is 8.42. The molecule has 0 aliphatic carbocycles. The van der Waals surface area contributed by atoms with E-state index in [4.69, 9.17) is 9.47 Å². The zero-order chi connectivity index (χ0) is 18.3. The van der Waals surface area contributed by atoms with Crippen molar-refractivity contribution in [1.29, 1.82) is 0 Å². The molecule has 0 aromatic heterocycles. The van der Waals surface area contributed by atoms with Gasteiger partial charge in [-0.15, -0.1) is 10.2 Å². The van der Waals surface area contributed by atoms with E-state index in [1.54, 1.807) is 13.8 Å². The van der Waals surface area contributed by atoms with Crippen molar-refractivity contribution in [2.24, 2.45) is 21.5 Å². The van der Waals surface area contributed by atoms with Crippen molar-refractivity contribution in [2.75, 3.05) is 13.2 Å². The van der Waals surface area contributed by atoms with Gasteiger partial charge in [0.15, 0.2) is 5.71 Å². The van der Waals surface area contributed by atoms with Crippen molar-refractivity contribution < 1.29 is 23.9 Å². The molecule has 9 heteroatoms. The molecule has 1 rings (SSSR count). The molecule has 1 fully saturated rings. The number of ether oxygens (including phenoxy) is 2. The van der Waals surface area contributed by atoms with Crippen LogP contribution in [-0.2, 0) is 23.9 Å². The van der Waals surface area contributed by atoms with Crippen LogP contribution in [0.2, 0.25) is 0 Å². The highest BCUT2D eigenvalue weighted by Crippen LogP contribution is 2.23. The normalized spacial score (nSPS) is 20.0. The third-order valence-electron chi connectivity index (χ3n) is 3.36. The fourth-order valence-corrected chi connectivity index (χ4v) is 1.98. The van der Waals surface area contributed by atoms with Crippen LogP contribution in [0.25, 0.3) is 0 Å². The predicted octanol–water partition coefficient (Wildman–Crippen LogP) is 0.554. The Labute approximate surface area is 140 Å². The van der Waals surface area contributed by atoms with E-state index in [0.717, 1.165) is 0 Å². The second-order valence-corrected chi connectivity index (χ2v) is 5.86. The van der Waals surface area contributed by atoms with Crippen LogP contribution >= 0.6 is 0 Å². The molecule has 1 heterocycles.